The van der Waals surface area contributed by atoms with Gasteiger partial charge in [0.15, 0.2) is 0 Å². The van der Waals surface area contributed by atoms with Crippen molar-refractivity contribution in [1.82, 2.24) is 4.98 Å². The standard InChI is InChI=1S/C13H11BrF2N2/c1-7-4-5-18-13(17)8(7)6-9-11(15)3-2-10(14)12(9)16/h2-5H,6H2,1H3,(H2,17,18). The molecular formula is C13H11BrF2N2. The molecule has 0 spiro atoms. The fourth-order valence-electron chi connectivity index (χ4n) is 1.75. The molecule has 2 nitrogen and oxygen atoms in total. The second kappa shape index (κ2) is 5.02. The van der Waals surface area contributed by atoms with Gasteiger partial charge in [0.1, 0.15) is 17.5 Å². The fourth-order valence-corrected chi connectivity index (χ4v) is 2.12. The Morgan fingerprint density at radius 1 is 1.22 bits per heavy atom. The van der Waals surface area contributed by atoms with Crippen LogP contribution in [0.15, 0.2) is 28.9 Å². The minimum absolute atomic E-state index is 0.00725. The Kier molecular flexibility index (Phi) is 3.61. The van der Waals surface area contributed by atoms with Crippen molar-refractivity contribution in [2.45, 2.75) is 13.3 Å². The molecule has 0 atom stereocenters. The number of pyridine rings is 1. The van der Waals surface area contributed by atoms with Crippen molar-refractivity contribution in [2.75, 3.05) is 5.73 Å². The van der Waals surface area contributed by atoms with E-state index in [1.54, 1.807) is 12.3 Å². The maximum Gasteiger partial charge on any atom is 0.143 e. The molecule has 0 aliphatic heterocycles. The van der Waals surface area contributed by atoms with Crippen LogP contribution in [0.3, 0.4) is 0 Å². The van der Waals surface area contributed by atoms with Crippen molar-refractivity contribution in [1.29, 1.82) is 0 Å². The maximum absolute atomic E-state index is 13.9. The Balaban J connectivity index is 2.50. The molecule has 2 aromatic rings. The molecule has 0 fully saturated rings. The van der Waals surface area contributed by atoms with Crippen molar-refractivity contribution >= 4 is 21.7 Å². The Hall–Kier alpha value is -1.49. The van der Waals surface area contributed by atoms with E-state index in [4.69, 9.17) is 5.73 Å². The number of nitrogens with two attached hydrogens (primary N) is 1. The van der Waals surface area contributed by atoms with Crippen LogP contribution in [0.2, 0.25) is 0 Å². The molecule has 0 saturated carbocycles. The quantitative estimate of drug-likeness (QED) is 0.860. The van der Waals surface area contributed by atoms with Gasteiger partial charge in [-0.15, -0.1) is 0 Å². The Morgan fingerprint density at radius 3 is 2.61 bits per heavy atom. The predicted molar refractivity (Wildman–Crippen MR) is 70.3 cm³/mol. The smallest absolute Gasteiger partial charge is 0.143 e. The first-order chi connectivity index (χ1) is 8.50. The van der Waals surface area contributed by atoms with E-state index in [2.05, 4.69) is 20.9 Å². The normalized spacial score (nSPS) is 10.7. The van der Waals surface area contributed by atoms with Gasteiger partial charge in [-0.1, -0.05) is 0 Å². The monoisotopic (exact) mass is 312 g/mol. The van der Waals surface area contributed by atoms with Gasteiger partial charge in [-0.2, -0.15) is 0 Å². The van der Waals surface area contributed by atoms with E-state index in [-0.39, 0.29) is 16.5 Å². The molecule has 1 heterocycles. The largest absolute Gasteiger partial charge is 0.383 e. The Bertz CT molecular complexity index is 580. The number of halogens is 3. The highest BCUT2D eigenvalue weighted by atomic mass is 79.9. The van der Waals surface area contributed by atoms with Crippen molar-refractivity contribution < 1.29 is 8.78 Å². The van der Waals surface area contributed by atoms with Crippen LogP contribution in [-0.4, -0.2) is 4.98 Å². The van der Waals surface area contributed by atoms with E-state index in [1.165, 1.54) is 12.1 Å². The fraction of sp³-hybridized carbons (Fsp3) is 0.154. The predicted octanol–water partition coefficient (Wildman–Crippen LogP) is 3.60. The summed E-state index contributed by atoms with van der Waals surface area (Å²) in [6.07, 6.45) is 1.66. The van der Waals surface area contributed by atoms with E-state index in [1.807, 2.05) is 6.92 Å². The molecule has 94 valence electrons. The lowest BCUT2D eigenvalue weighted by Crippen LogP contribution is -2.04. The van der Waals surface area contributed by atoms with E-state index < -0.39 is 11.6 Å². The van der Waals surface area contributed by atoms with Crippen molar-refractivity contribution in [3.8, 4) is 0 Å². The third-order valence-electron chi connectivity index (χ3n) is 2.82. The number of rotatable bonds is 2. The minimum Gasteiger partial charge on any atom is -0.383 e. The van der Waals surface area contributed by atoms with Crippen LogP contribution in [0.5, 0.6) is 0 Å². The van der Waals surface area contributed by atoms with E-state index in [0.717, 1.165) is 5.56 Å². The molecule has 0 radical (unpaired) electrons. The molecule has 0 aliphatic carbocycles. The average molecular weight is 313 g/mol. The molecule has 5 heteroatoms. The summed E-state index contributed by atoms with van der Waals surface area (Å²) in [6, 6.07) is 4.33. The molecule has 1 aromatic carbocycles. The first kappa shape index (κ1) is 13.0. The molecular weight excluding hydrogens is 302 g/mol. The lowest BCUT2D eigenvalue weighted by atomic mass is 10.0. The lowest BCUT2D eigenvalue weighted by molar-refractivity contribution is 0.557. The number of benzene rings is 1. The van der Waals surface area contributed by atoms with Crippen molar-refractivity contribution in [2.24, 2.45) is 0 Å². The first-order valence-electron chi connectivity index (χ1n) is 5.33. The van der Waals surface area contributed by atoms with E-state index >= 15 is 0 Å². The molecule has 0 bridgehead atoms. The topological polar surface area (TPSA) is 38.9 Å². The number of nitrogens with zero attached hydrogens (tertiary/aromatic N) is 1. The molecule has 0 unspecified atom stereocenters. The molecule has 2 N–H and O–H groups in total. The number of aryl methyl sites for hydroxylation is 1. The molecule has 0 amide bonds. The minimum atomic E-state index is -0.599. The highest BCUT2D eigenvalue weighted by molar-refractivity contribution is 9.10. The molecule has 1 aromatic heterocycles. The second-order valence-electron chi connectivity index (χ2n) is 3.99. The number of aromatic nitrogens is 1. The van der Waals surface area contributed by atoms with Crippen LogP contribution in [0, 0.1) is 18.6 Å². The SMILES string of the molecule is Cc1ccnc(N)c1Cc1c(F)ccc(Br)c1F. The summed E-state index contributed by atoms with van der Waals surface area (Å²) in [5.74, 6) is -0.884. The van der Waals surface area contributed by atoms with Crippen LogP contribution in [0.1, 0.15) is 16.7 Å². The molecule has 0 aliphatic rings. The first-order valence-corrected chi connectivity index (χ1v) is 6.12. The number of nitrogen functional groups attached to an aromatic ring is 1. The maximum atomic E-state index is 13.9. The molecule has 2 rings (SSSR count). The van der Waals surface area contributed by atoms with E-state index in [0.29, 0.717) is 11.4 Å². The van der Waals surface area contributed by atoms with E-state index in [9.17, 15) is 8.78 Å². The number of hydrogen-bond acceptors (Lipinski definition) is 2. The Morgan fingerprint density at radius 2 is 1.94 bits per heavy atom. The number of hydrogen-bond donors (Lipinski definition) is 1. The summed E-state index contributed by atoms with van der Waals surface area (Å²) in [5.41, 5.74) is 7.24. The average Bonchev–Trinajstić information content (AvgIpc) is 2.33. The van der Waals surface area contributed by atoms with Crippen molar-refractivity contribution in [3.63, 3.8) is 0 Å². The highest BCUT2D eigenvalue weighted by Crippen LogP contribution is 2.26. The van der Waals surface area contributed by atoms with Crippen LogP contribution < -0.4 is 5.73 Å². The van der Waals surface area contributed by atoms with Crippen LogP contribution in [0.4, 0.5) is 14.6 Å². The van der Waals surface area contributed by atoms with Gasteiger partial charge in [0, 0.05) is 23.7 Å². The number of anilines is 1. The van der Waals surface area contributed by atoms with Gasteiger partial charge < -0.3 is 5.73 Å². The van der Waals surface area contributed by atoms with Crippen LogP contribution >= 0.6 is 15.9 Å². The Labute approximate surface area is 112 Å². The van der Waals surface area contributed by atoms with Gasteiger partial charge in [0.2, 0.25) is 0 Å². The zero-order chi connectivity index (χ0) is 13.3. The van der Waals surface area contributed by atoms with Crippen LogP contribution in [0.25, 0.3) is 0 Å². The van der Waals surface area contributed by atoms with Gasteiger partial charge in [-0.05, 0) is 46.6 Å². The molecule has 0 saturated heterocycles. The summed E-state index contributed by atoms with van der Waals surface area (Å²) < 4.78 is 27.8. The third-order valence-corrected chi connectivity index (χ3v) is 3.43. The summed E-state index contributed by atoms with van der Waals surface area (Å²) in [6.45, 7) is 1.83. The third kappa shape index (κ3) is 2.36. The second-order valence-corrected chi connectivity index (χ2v) is 4.84. The summed E-state index contributed by atoms with van der Waals surface area (Å²) in [7, 11) is 0. The van der Waals surface area contributed by atoms with Gasteiger partial charge in [0.05, 0.1) is 4.47 Å². The van der Waals surface area contributed by atoms with Crippen molar-refractivity contribution in [3.05, 3.63) is 57.2 Å². The van der Waals surface area contributed by atoms with Crippen LogP contribution in [-0.2, 0) is 6.42 Å². The van der Waals surface area contributed by atoms with Gasteiger partial charge in [-0.3, -0.25) is 0 Å². The van der Waals surface area contributed by atoms with Gasteiger partial charge >= 0.3 is 0 Å². The summed E-state index contributed by atoms with van der Waals surface area (Å²) in [5, 5.41) is 0. The summed E-state index contributed by atoms with van der Waals surface area (Å²) in [4.78, 5) is 3.94. The van der Waals surface area contributed by atoms with Gasteiger partial charge in [-0.25, -0.2) is 13.8 Å². The zero-order valence-electron chi connectivity index (χ0n) is 9.67. The highest BCUT2D eigenvalue weighted by Gasteiger charge is 2.15. The lowest BCUT2D eigenvalue weighted by Gasteiger charge is -2.10. The molecule has 18 heavy (non-hydrogen) atoms. The zero-order valence-corrected chi connectivity index (χ0v) is 11.3. The van der Waals surface area contributed by atoms with Gasteiger partial charge in [0.25, 0.3) is 0 Å². The summed E-state index contributed by atoms with van der Waals surface area (Å²) >= 11 is 3.04.